The summed E-state index contributed by atoms with van der Waals surface area (Å²) in [6, 6.07) is 3.43. The molecule has 0 amide bonds. The molecule has 0 aliphatic rings. The number of hydrogen-bond donors (Lipinski definition) is 3. The van der Waals surface area contributed by atoms with Crippen molar-refractivity contribution in [3.05, 3.63) is 17.7 Å². The van der Waals surface area contributed by atoms with Crippen molar-refractivity contribution in [1.29, 1.82) is 5.41 Å². The predicted molar refractivity (Wildman–Crippen MR) is 85.7 cm³/mol. The van der Waals surface area contributed by atoms with E-state index in [1.54, 1.807) is 19.2 Å². The first kappa shape index (κ1) is 16.9. The van der Waals surface area contributed by atoms with Gasteiger partial charge in [0.2, 0.25) is 0 Å². The van der Waals surface area contributed by atoms with Crippen molar-refractivity contribution in [3.63, 3.8) is 0 Å². The number of nitrogens with zero attached hydrogens (tertiary/aromatic N) is 2. The third-order valence-electron chi connectivity index (χ3n) is 3.34. The number of carbonyl (C=O) groups is 1. The molecule has 0 radical (unpaired) electrons. The molecule has 0 fully saturated rings. The first-order valence-corrected chi connectivity index (χ1v) is 7.31. The molecule has 0 saturated heterocycles. The van der Waals surface area contributed by atoms with Crippen LogP contribution in [0.4, 0.5) is 11.6 Å². The van der Waals surface area contributed by atoms with Gasteiger partial charge in [0.1, 0.15) is 11.6 Å². The van der Waals surface area contributed by atoms with Crippen LogP contribution in [0.2, 0.25) is 0 Å². The standard InChI is InChI=1S/C15H24N4O2/c1-4-6-7-10-19(5-2)12-9-8-11(13(16)15(20)21)14(17-3)18-12/h8-9,16H,4-7,10H2,1-3H3,(H,17,18)(H,20,21). The van der Waals surface area contributed by atoms with Gasteiger partial charge in [-0.25, -0.2) is 9.78 Å². The molecule has 21 heavy (non-hydrogen) atoms. The largest absolute Gasteiger partial charge is 0.477 e. The van der Waals surface area contributed by atoms with Crippen molar-refractivity contribution < 1.29 is 9.90 Å². The van der Waals surface area contributed by atoms with Crippen LogP contribution in [0.25, 0.3) is 0 Å². The molecule has 3 N–H and O–H groups in total. The van der Waals surface area contributed by atoms with Crippen LogP contribution in [-0.2, 0) is 4.79 Å². The lowest BCUT2D eigenvalue weighted by atomic mass is 10.1. The maximum Gasteiger partial charge on any atom is 0.354 e. The fourth-order valence-electron chi connectivity index (χ4n) is 2.12. The van der Waals surface area contributed by atoms with E-state index in [1.807, 2.05) is 0 Å². The van der Waals surface area contributed by atoms with Crippen LogP contribution in [-0.4, -0.2) is 41.9 Å². The zero-order valence-electron chi connectivity index (χ0n) is 12.9. The Morgan fingerprint density at radius 3 is 2.62 bits per heavy atom. The monoisotopic (exact) mass is 292 g/mol. The van der Waals surface area contributed by atoms with Crippen LogP contribution in [0.5, 0.6) is 0 Å². The molecule has 0 unspecified atom stereocenters. The predicted octanol–water partition coefficient (Wildman–Crippen LogP) is 2.59. The van der Waals surface area contributed by atoms with E-state index in [2.05, 4.69) is 29.0 Å². The lowest BCUT2D eigenvalue weighted by Gasteiger charge is -2.23. The Morgan fingerprint density at radius 1 is 1.38 bits per heavy atom. The van der Waals surface area contributed by atoms with E-state index < -0.39 is 11.7 Å². The Labute approximate surface area is 125 Å². The molecule has 0 bridgehead atoms. The number of rotatable bonds is 9. The molecule has 6 nitrogen and oxygen atoms in total. The van der Waals surface area contributed by atoms with E-state index >= 15 is 0 Å². The van der Waals surface area contributed by atoms with Crippen molar-refractivity contribution in [2.75, 3.05) is 30.4 Å². The molecule has 116 valence electrons. The lowest BCUT2D eigenvalue weighted by molar-refractivity contribution is -0.129. The summed E-state index contributed by atoms with van der Waals surface area (Å²) in [4.78, 5) is 17.5. The van der Waals surface area contributed by atoms with Gasteiger partial charge in [0, 0.05) is 25.7 Å². The van der Waals surface area contributed by atoms with E-state index in [4.69, 9.17) is 10.5 Å². The highest BCUT2D eigenvalue weighted by molar-refractivity contribution is 6.42. The van der Waals surface area contributed by atoms with Gasteiger partial charge in [0.25, 0.3) is 0 Å². The van der Waals surface area contributed by atoms with Gasteiger partial charge in [-0.05, 0) is 25.5 Å². The average Bonchev–Trinajstić information content (AvgIpc) is 2.50. The summed E-state index contributed by atoms with van der Waals surface area (Å²) in [6.45, 7) is 6.01. The van der Waals surface area contributed by atoms with Gasteiger partial charge in [0.05, 0.1) is 0 Å². The molecule has 0 aliphatic carbocycles. The van der Waals surface area contributed by atoms with Crippen molar-refractivity contribution in [3.8, 4) is 0 Å². The smallest absolute Gasteiger partial charge is 0.354 e. The highest BCUT2D eigenvalue weighted by Gasteiger charge is 2.17. The molecule has 1 aromatic rings. The number of anilines is 2. The fourth-order valence-corrected chi connectivity index (χ4v) is 2.12. The lowest BCUT2D eigenvalue weighted by Crippen LogP contribution is -2.25. The number of carboxylic acid groups (broad SMARTS) is 1. The minimum Gasteiger partial charge on any atom is -0.477 e. The maximum atomic E-state index is 10.9. The van der Waals surface area contributed by atoms with Gasteiger partial charge in [-0.3, -0.25) is 5.41 Å². The van der Waals surface area contributed by atoms with E-state index in [9.17, 15) is 4.79 Å². The third-order valence-corrected chi connectivity index (χ3v) is 3.34. The van der Waals surface area contributed by atoms with Crippen molar-refractivity contribution >= 4 is 23.3 Å². The summed E-state index contributed by atoms with van der Waals surface area (Å²) >= 11 is 0. The Morgan fingerprint density at radius 2 is 2.10 bits per heavy atom. The van der Waals surface area contributed by atoms with Gasteiger partial charge in [-0.15, -0.1) is 0 Å². The van der Waals surface area contributed by atoms with E-state index in [0.717, 1.165) is 25.3 Å². The summed E-state index contributed by atoms with van der Waals surface area (Å²) in [5.41, 5.74) is -0.147. The maximum absolute atomic E-state index is 10.9. The molecular weight excluding hydrogens is 268 g/mol. The van der Waals surface area contributed by atoms with Gasteiger partial charge in [-0.2, -0.15) is 0 Å². The van der Waals surface area contributed by atoms with Crippen LogP contribution < -0.4 is 10.2 Å². The zero-order chi connectivity index (χ0) is 15.8. The molecule has 0 atom stereocenters. The summed E-state index contributed by atoms with van der Waals surface area (Å²) in [6.07, 6.45) is 3.45. The van der Waals surface area contributed by atoms with Gasteiger partial charge >= 0.3 is 5.97 Å². The minimum atomic E-state index is -1.25. The normalized spacial score (nSPS) is 10.2. The second-order valence-electron chi connectivity index (χ2n) is 4.78. The number of unbranched alkanes of at least 4 members (excludes halogenated alkanes) is 2. The molecule has 6 heteroatoms. The number of pyridine rings is 1. The quantitative estimate of drug-likeness (QED) is 0.481. The molecule has 0 aliphatic heterocycles. The number of aromatic nitrogens is 1. The minimum absolute atomic E-state index is 0.304. The third kappa shape index (κ3) is 4.44. The van der Waals surface area contributed by atoms with E-state index in [0.29, 0.717) is 11.4 Å². The first-order chi connectivity index (χ1) is 10.0. The van der Waals surface area contributed by atoms with Gasteiger partial charge < -0.3 is 15.3 Å². The summed E-state index contributed by atoms with van der Waals surface area (Å²) in [5, 5.41) is 19.4. The Balaban J connectivity index is 2.99. The van der Waals surface area contributed by atoms with Crippen LogP contribution in [0.3, 0.4) is 0 Å². The molecular formula is C15H24N4O2. The van der Waals surface area contributed by atoms with Gasteiger partial charge in [0.15, 0.2) is 5.71 Å². The Bertz CT molecular complexity index is 502. The molecule has 0 spiro atoms. The summed E-state index contributed by atoms with van der Waals surface area (Å²) in [7, 11) is 1.68. The average molecular weight is 292 g/mol. The van der Waals surface area contributed by atoms with E-state index in [1.165, 1.54) is 12.8 Å². The summed E-state index contributed by atoms with van der Waals surface area (Å²) in [5.74, 6) is -0.0231. The highest BCUT2D eigenvalue weighted by atomic mass is 16.4. The Kier molecular flexibility index (Phi) is 6.65. The fraction of sp³-hybridized carbons (Fsp3) is 0.533. The molecule has 1 aromatic heterocycles. The van der Waals surface area contributed by atoms with Crippen LogP contribution in [0, 0.1) is 5.41 Å². The highest BCUT2D eigenvalue weighted by Crippen LogP contribution is 2.20. The number of aliphatic carboxylic acids is 1. The second-order valence-corrected chi connectivity index (χ2v) is 4.78. The van der Waals surface area contributed by atoms with E-state index in [-0.39, 0.29) is 0 Å². The zero-order valence-corrected chi connectivity index (χ0v) is 12.9. The number of hydrogen-bond acceptors (Lipinski definition) is 5. The number of nitrogens with one attached hydrogen (secondary N) is 2. The molecule has 1 rings (SSSR count). The topological polar surface area (TPSA) is 89.3 Å². The SMILES string of the molecule is CCCCCN(CC)c1ccc(C(=N)C(=O)O)c(NC)n1. The Hall–Kier alpha value is -2.11. The van der Waals surface area contributed by atoms with Crippen molar-refractivity contribution in [2.45, 2.75) is 33.1 Å². The van der Waals surface area contributed by atoms with Crippen LogP contribution >= 0.6 is 0 Å². The van der Waals surface area contributed by atoms with Gasteiger partial charge in [-0.1, -0.05) is 19.8 Å². The van der Waals surface area contributed by atoms with Crippen LogP contribution in [0.15, 0.2) is 12.1 Å². The van der Waals surface area contributed by atoms with Crippen molar-refractivity contribution in [2.24, 2.45) is 0 Å². The first-order valence-electron chi connectivity index (χ1n) is 7.31. The summed E-state index contributed by atoms with van der Waals surface area (Å²) < 4.78 is 0. The van der Waals surface area contributed by atoms with Crippen LogP contribution in [0.1, 0.15) is 38.7 Å². The molecule has 0 saturated carbocycles. The molecule has 1 heterocycles. The molecule has 0 aromatic carbocycles. The number of carboxylic acids is 1. The van der Waals surface area contributed by atoms with Crippen molar-refractivity contribution in [1.82, 2.24) is 4.98 Å². The second kappa shape index (κ2) is 8.24.